The number of alkyl halides is 6. The van der Waals surface area contributed by atoms with Crippen LogP contribution in [0.15, 0.2) is 44.9 Å². The Morgan fingerprint density at radius 1 is 0.955 bits per heavy atom. The number of aromatic nitrogens is 2. The Balaban J connectivity index is 2.60. The van der Waals surface area contributed by atoms with Gasteiger partial charge in [-0.2, -0.15) is 26.3 Å². The molecule has 0 radical (unpaired) electrons. The average molecular weight is 340 g/mol. The highest BCUT2D eigenvalue weighted by molar-refractivity contribution is 7.99. The molecule has 0 unspecified atom stereocenters. The number of hydrogen-bond donors (Lipinski definition) is 1. The van der Waals surface area contributed by atoms with Gasteiger partial charge in [0.15, 0.2) is 5.69 Å². The maximum absolute atomic E-state index is 12.9. The molecule has 0 saturated carbocycles. The van der Waals surface area contributed by atoms with Crippen molar-refractivity contribution >= 4 is 11.8 Å². The van der Waals surface area contributed by atoms with Crippen molar-refractivity contribution in [3.63, 3.8) is 0 Å². The van der Waals surface area contributed by atoms with Crippen LogP contribution in [0.1, 0.15) is 11.5 Å². The van der Waals surface area contributed by atoms with Crippen LogP contribution < -0.4 is 5.56 Å². The van der Waals surface area contributed by atoms with E-state index in [2.05, 4.69) is 4.98 Å². The third kappa shape index (κ3) is 3.62. The van der Waals surface area contributed by atoms with E-state index in [1.165, 1.54) is 29.2 Å². The minimum Gasteiger partial charge on any atom is -0.302 e. The lowest BCUT2D eigenvalue weighted by Crippen LogP contribution is -2.26. The van der Waals surface area contributed by atoms with Gasteiger partial charge in [0.2, 0.25) is 5.82 Å². The van der Waals surface area contributed by atoms with Crippen molar-refractivity contribution in [1.29, 1.82) is 0 Å². The summed E-state index contributed by atoms with van der Waals surface area (Å²) in [4.78, 5) is 14.8. The summed E-state index contributed by atoms with van der Waals surface area (Å²) < 4.78 is 76.2. The van der Waals surface area contributed by atoms with E-state index in [1.54, 1.807) is 6.07 Å². The summed E-state index contributed by atoms with van der Waals surface area (Å²) in [6.45, 7) is 0. The maximum atomic E-state index is 12.9. The number of nitrogens with one attached hydrogen (secondary N) is 1. The largest absolute Gasteiger partial charge is 0.449 e. The topological polar surface area (TPSA) is 45.8 Å². The zero-order valence-electron chi connectivity index (χ0n) is 10.4. The van der Waals surface area contributed by atoms with Crippen LogP contribution in [0.3, 0.4) is 0 Å². The lowest BCUT2D eigenvalue weighted by molar-refractivity contribution is -0.154. The van der Waals surface area contributed by atoms with E-state index in [1.807, 2.05) is 0 Å². The number of hydrogen-bond acceptors (Lipinski definition) is 3. The van der Waals surface area contributed by atoms with Crippen molar-refractivity contribution in [2.75, 3.05) is 0 Å². The molecule has 0 saturated heterocycles. The fourth-order valence-electron chi connectivity index (χ4n) is 1.49. The van der Waals surface area contributed by atoms with Gasteiger partial charge in [-0.25, -0.2) is 4.98 Å². The van der Waals surface area contributed by atoms with E-state index in [0.29, 0.717) is 11.8 Å². The highest BCUT2D eigenvalue weighted by Crippen LogP contribution is 2.37. The summed E-state index contributed by atoms with van der Waals surface area (Å²) in [5, 5.41) is 0. The predicted molar refractivity (Wildman–Crippen MR) is 65.4 cm³/mol. The van der Waals surface area contributed by atoms with Gasteiger partial charge in [0.1, 0.15) is 4.90 Å². The number of H-pyrrole nitrogens is 1. The normalized spacial score (nSPS) is 12.5. The number of nitrogens with zero attached hydrogens (tertiary/aromatic N) is 1. The molecule has 22 heavy (non-hydrogen) atoms. The van der Waals surface area contributed by atoms with Gasteiger partial charge < -0.3 is 4.98 Å². The standard InChI is InChI=1S/C12H6F6N2OS/c13-11(14,15)8-7(22-6-4-2-1-3-5-6)9(21)20-10(19-8)12(16,17)18/h1-5H,(H,19,20,21). The minimum atomic E-state index is -5.19. The van der Waals surface area contributed by atoms with Crippen LogP contribution in [0.4, 0.5) is 26.3 Å². The molecule has 0 aliphatic carbocycles. The first-order valence-electron chi connectivity index (χ1n) is 5.60. The SMILES string of the molecule is O=c1[nH]c(C(F)(F)F)nc(C(F)(F)F)c1Sc1ccccc1. The molecule has 2 aromatic rings. The number of halogens is 6. The third-order valence-corrected chi connectivity index (χ3v) is 3.47. The highest BCUT2D eigenvalue weighted by Gasteiger charge is 2.42. The van der Waals surface area contributed by atoms with Crippen LogP contribution in [0.25, 0.3) is 0 Å². The van der Waals surface area contributed by atoms with Gasteiger partial charge in [-0.3, -0.25) is 4.79 Å². The van der Waals surface area contributed by atoms with Crippen molar-refractivity contribution in [2.45, 2.75) is 22.1 Å². The first kappa shape index (κ1) is 16.4. The van der Waals surface area contributed by atoms with E-state index >= 15 is 0 Å². The number of aromatic amines is 1. The molecule has 10 heteroatoms. The smallest absolute Gasteiger partial charge is 0.302 e. The lowest BCUT2D eigenvalue weighted by Gasteiger charge is -2.13. The van der Waals surface area contributed by atoms with Crippen LogP contribution in [0.5, 0.6) is 0 Å². The van der Waals surface area contributed by atoms with Gasteiger partial charge in [0, 0.05) is 4.90 Å². The fourth-order valence-corrected chi connectivity index (χ4v) is 2.42. The van der Waals surface area contributed by atoms with Gasteiger partial charge in [-0.05, 0) is 12.1 Å². The molecule has 1 heterocycles. The Bertz CT molecular complexity index is 723. The quantitative estimate of drug-likeness (QED) is 0.842. The van der Waals surface area contributed by atoms with Crippen LogP contribution in [-0.4, -0.2) is 9.97 Å². The summed E-state index contributed by atoms with van der Waals surface area (Å²) in [5.74, 6) is -1.98. The second kappa shape index (κ2) is 5.67. The van der Waals surface area contributed by atoms with E-state index in [4.69, 9.17) is 0 Å². The fraction of sp³-hybridized carbons (Fsp3) is 0.167. The van der Waals surface area contributed by atoms with Crippen molar-refractivity contribution in [3.8, 4) is 0 Å². The maximum Gasteiger partial charge on any atom is 0.449 e. The molecular formula is C12H6F6N2OS. The molecule has 0 bridgehead atoms. The van der Waals surface area contributed by atoms with Gasteiger partial charge in [0.05, 0.1) is 0 Å². The van der Waals surface area contributed by atoms with Crippen LogP contribution in [0, 0.1) is 0 Å². The highest BCUT2D eigenvalue weighted by atomic mass is 32.2. The Morgan fingerprint density at radius 3 is 2.05 bits per heavy atom. The Hall–Kier alpha value is -1.97. The predicted octanol–water partition coefficient (Wildman–Crippen LogP) is 3.96. The van der Waals surface area contributed by atoms with Gasteiger partial charge in [-0.1, -0.05) is 30.0 Å². The van der Waals surface area contributed by atoms with Gasteiger partial charge in [-0.15, -0.1) is 0 Å². The second-order valence-electron chi connectivity index (χ2n) is 4.00. The summed E-state index contributed by atoms with van der Waals surface area (Å²) >= 11 is 0.393. The molecular weight excluding hydrogens is 334 g/mol. The van der Waals surface area contributed by atoms with Gasteiger partial charge in [0.25, 0.3) is 5.56 Å². The Kier molecular flexibility index (Phi) is 4.23. The molecule has 3 nitrogen and oxygen atoms in total. The molecule has 0 aliphatic heterocycles. The third-order valence-electron chi connectivity index (χ3n) is 2.38. The summed E-state index contributed by atoms with van der Waals surface area (Å²) in [7, 11) is 0. The number of rotatable bonds is 2. The van der Waals surface area contributed by atoms with Crippen molar-refractivity contribution < 1.29 is 26.3 Å². The Labute approximate surface area is 123 Å². The van der Waals surface area contributed by atoms with E-state index in [-0.39, 0.29) is 4.90 Å². The average Bonchev–Trinajstić information content (AvgIpc) is 2.39. The molecule has 0 aliphatic rings. The lowest BCUT2D eigenvalue weighted by atomic mass is 10.3. The van der Waals surface area contributed by atoms with E-state index in [0.717, 1.165) is 0 Å². The first-order valence-corrected chi connectivity index (χ1v) is 6.42. The zero-order chi connectivity index (χ0) is 16.5. The first-order chi connectivity index (χ1) is 10.1. The molecule has 0 fully saturated rings. The van der Waals surface area contributed by atoms with Crippen molar-refractivity contribution in [1.82, 2.24) is 9.97 Å². The molecule has 0 spiro atoms. The monoisotopic (exact) mass is 340 g/mol. The van der Waals surface area contributed by atoms with E-state index < -0.39 is 34.3 Å². The molecule has 1 N–H and O–H groups in total. The van der Waals surface area contributed by atoms with Crippen LogP contribution >= 0.6 is 11.8 Å². The van der Waals surface area contributed by atoms with Gasteiger partial charge >= 0.3 is 12.4 Å². The molecule has 0 amide bonds. The summed E-state index contributed by atoms with van der Waals surface area (Å²) in [6.07, 6.45) is -10.4. The summed E-state index contributed by atoms with van der Waals surface area (Å²) in [5.41, 5.74) is -3.36. The molecule has 1 aromatic carbocycles. The number of benzene rings is 1. The van der Waals surface area contributed by atoms with Crippen molar-refractivity contribution in [2.24, 2.45) is 0 Å². The molecule has 118 valence electrons. The second-order valence-corrected chi connectivity index (χ2v) is 5.09. The zero-order valence-corrected chi connectivity index (χ0v) is 11.2. The molecule has 1 aromatic heterocycles. The summed E-state index contributed by atoms with van der Waals surface area (Å²) in [6, 6.07) is 7.47. The minimum absolute atomic E-state index is 0.264. The van der Waals surface area contributed by atoms with Crippen LogP contribution in [0.2, 0.25) is 0 Å². The Morgan fingerprint density at radius 2 is 1.55 bits per heavy atom. The van der Waals surface area contributed by atoms with Crippen molar-refractivity contribution in [3.05, 3.63) is 52.2 Å². The van der Waals surface area contributed by atoms with E-state index in [9.17, 15) is 31.1 Å². The molecule has 0 atom stereocenters. The van der Waals surface area contributed by atoms with Crippen LogP contribution in [-0.2, 0) is 12.4 Å². The molecule has 2 rings (SSSR count).